The normalized spacial score (nSPS) is 13.1. The molecule has 0 aliphatic rings. The summed E-state index contributed by atoms with van der Waals surface area (Å²) in [7, 11) is 0.184. The van der Waals surface area contributed by atoms with Gasteiger partial charge in [-0.1, -0.05) is 18.0 Å². The Morgan fingerprint density at radius 2 is 2.29 bits per heavy atom. The molecule has 1 heterocycles. The van der Waals surface area contributed by atoms with Gasteiger partial charge in [-0.05, 0) is 17.4 Å². The molecule has 9 nitrogen and oxygen atoms in total. The minimum Gasteiger partial charge on any atom is -0.392 e. The average Bonchev–Trinajstić information content (AvgIpc) is 2.86. The van der Waals surface area contributed by atoms with E-state index in [0.717, 1.165) is 13.0 Å². The summed E-state index contributed by atoms with van der Waals surface area (Å²) in [6, 6.07) is 0. The van der Waals surface area contributed by atoms with Crippen LogP contribution >= 0.6 is 20.1 Å². The molecule has 1 atom stereocenters. The Balaban J connectivity index is 2.92. The van der Waals surface area contributed by atoms with Crippen molar-refractivity contribution in [2.24, 2.45) is 12.6 Å². The highest BCUT2D eigenvalue weighted by atomic mass is 35.5. The van der Waals surface area contributed by atoms with Gasteiger partial charge in [-0.2, -0.15) is 0 Å². The summed E-state index contributed by atoms with van der Waals surface area (Å²) in [5.41, 5.74) is 6.99. The first-order valence-electron chi connectivity index (χ1n) is 7.42. The van der Waals surface area contributed by atoms with Crippen LogP contribution in [0.5, 0.6) is 0 Å². The number of aromatic nitrogens is 2. The summed E-state index contributed by atoms with van der Waals surface area (Å²) in [6.07, 6.45) is 3.89. The number of aliphatic hydroxyl groups is 1. The minimum absolute atomic E-state index is 0.0765. The molecule has 1 aromatic heterocycles. The average molecular weight is 380 g/mol. The molecule has 11 heteroatoms. The van der Waals surface area contributed by atoms with E-state index in [1.165, 1.54) is 16.7 Å². The number of alkyl halides is 1. The third kappa shape index (κ3) is 5.77. The monoisotopic (exact) mass is 379 g/mol. The molecule has 0 aromatic carbocycles. The molecular weight excluding hydrogens is 357 g/mol. The molecule has 24 heavy (non-hydrogen) atoms. The van der Waals surface area contributed by atoms with Crippen molar-refractivity contribution in [3.8, 4) is 0 Å². The van der Waals surface area contributed by atoms with Gasteiger partial charge in [0.1, 0.15) is 12.3 Å². The van der Waals surface area contributed by atoms with E-state index in [-0.39, 0.29) is 19.2 Å². The van der Waals surface area contributed by atoms with E-state index in [9.17, 15) is 10.1 Å². The quantitative estimate of drug-likeness (QED) is 0.261. The van der Waals surface area contributed by atoms with Crippen molar-refractivity contribution in [1.82, 2.24) is 14.2 Å². The maximum Gasteiger partial charge on any atom is 0.435 e. The lowest BCUT2D eigenvalue weighted by molar-refractivity contribution is -0.396. The highest BCUT2D eigenvalue weighted by Gasteiger charge is 2.25. The predicted octanol–water partition coefficient (Wildman–Crippen LogP) is 1.99. The van der Waals surface area contributed by atoms with Gasteiger partial charge in [-0.25, -0.2) is 9.24 Å². The molecule has 0 aliphatic heterocycles. The van der Waals surface area contributed by atoms with E-state index >= 15 is 0 Å². The van der Waals surface area contributed by atoms with Crippen molar-refractivity contribution in [1.29, 1.82) is 0 Å². The zero-order valence-corrected chi connectivity index (χ0v) is 15.4. The molecule has 1 rings (SSSR count). The van der Waals surface area contributed by atoms with Crippen molar-refractivity contribution in [3.05, 3.63) is 27.6 Å². The molecule has 0 amide bonds. The van der Waals surface area contributed by atoms with E-state index in [2.05, 4.69) is 4.98 Å². The number of rotatable bonds is 11. The Hall–Kier alpha value is -1.09. The number of halogens is 1. The van der Waals surface area contributed by atoms with Crippen molar-refractivity contribution in [3.63, 3.8) is 0 Å². The fraction of sp³-hybridized carbons (Fsp3) is 0.615. The van der Waals surface area contributed by atoms with Crippen LogP contribution in [0.4, 0.5) is 5.95 Å². The summed E-state index contributed by atoms with van der Waals surface area (Å²) < 4.78 is 9.03. The molecule has 0 spiro atoms. The highest BCUT2D eigenvalue weighted by molar-refractivity contribution is 7.47. The van der Waals surface area contributed by atoms with Crippen molar-refractivity contribution in [2.75, 3.05) is 25.6 Å². The van der Waals surface area contributed by atoms with Gasteiger partial charge in [0.25, 0.3) is 0 Å². The summed E-state index contributed by atoms with van der Waals surface area (Å²) in [5.74, 6) is 0.153. The fourth-order valence-corrected chi connectivity index (χ4v) is 3.48. The van der Waals surface area contributed by atoms with Crippen LogP contribution in [0, 0.1) is 10.1 Å². The molecule has 0 saturated carbocycles. The summed E-state index contributed by atoms with van der Waals surface area (Å²) in [6.45, 7) is 3.30. The van der Waals surface area contributed by atoms with Gasteiger partial charge >= 0.3 is 5.95 Å². The number of aliphatic hydroxyl groups excluding tert-OH is 1. The van der Waals surface area contributed by atoms with E-state index in [1.807, 2.05) is 11.6 Å². The summed E-state index contributed by atoms with van der Waals surface area (Å²) >= 11 is 5.77. The summed E-state index contributed by atoms with van der Waals surface area (Å²) in [4.78, 5) is 14.4. The SMILES string of the molecule is CCCN(CCCl)P(N)OCc1c(/C=C/CO)nc([N+](=O)[O-])n1C. The molecular formula is C13H23ClN5O4P. The fourth-order valence-electron chi connectivity index (χ4n) is 2.05. The van der Waals surface area contributed by atoms with Crippen molar-refractivity contribution >= 4 is 32.1 Å². The maximum atomic E-state index is 11.0. The Bertz CT molecular complexity index is 563. The van der Waals surface area contributed by atoms with Gasteiger partial charge in [0.2, 0.25) is 0 Å². The lowest BCUT2D eigenvalue weighted by Gasteiger charge is -2.25. The zero-order valence-electron chi connectivity index (χ0n) is 13.8. The van der Waals surface area contributed by atoms with Crippen LogP contribution in [-0.4, -0.2) is 49.8 Å². The number of hydrogen-bond donors (Lipinski definition) is 2. The van der Waals surface area contributed by atoms with E-state index < -0.39 is 13.4 Å². The molecule has 0 fully saturated rings. The maximum absolute atomic E-state index is 11.0. The first-order valence-corrected chi connectivity index (χ1v) is 9.23. The molecule has 0 bridgehead atoms. The predicted molar refractivity (Wildman–Crippen MR) is 94.5 cm³/mol. The number of imidazole rings is 1. The van der Waals surface area contributed by atoms with Gasteiger partial charge in [0.15, 0.2) is 14.1 Å². The van der Waals surface area contributed by atoms with E-state index in [0.29, 0.717) is 23.8 Å². The molecule has 1 unspecified atom stereocenters. The highest BCUT2D eigenvalue weighted by Crippen LogP contribution is 2.34. The van der Waals surface area contributed by atoms with Crippen LogP contribution in [-0.2, 0) is 18.2 Å². The van der Waals surface area contributed by atoms with E-state index in [1.54, 1.807) is 7.05 Å². The Morgan fingerprint density at radius 3 is 2.83 bits per heavy atom. The number of nitro groups is 1. The standard InChI is InChI=1S/C13H23ClN5O4P/c1-3-7-18(8-6-14)24(15)23-10-12-11(5-4-9-20)16-13(17(12)2)19(21)22/h4-5,20H,3,6-10,15H2,1-2H3/b5-4+. The molecule has 1 aromatic rings. The second kappa shape index (κ2) is 10.7. The van der Waals surface area contributed by atoms with Crippen LogP contribution in [0.15, 0.2) is 6.08 Å². The first-order chi connectivity index (χ1) is 11.5. The lowest BCUT2D eigenvalue weighted by atomic mass is 10.3. The summed E-state index contributed by atoms with van der Waals surface area (Å²) in [5, 5.41) is 19.9. The van der Waals surface area contributed by atoms with Crippen molar-refractivity contribution in [2.45, 2.75) is 20.0 Å². The number of hydrogen-bond acceptors (Lipinski definition) is 7. The van der Waals surface area contributed by atoms with Crippen LogP contribution in [0.2, 0.25) is 0 Å². The minimum atomic E-state index is -1.36. The van der Waals surface area contributed by atoms with Gasteiger partial charge in [-0.15, -0.1) is 11.6 Å². The first kappa shape index (κ1) is 21.0. The zero-order chi connectivity index (χ0) is 18.1. The van der Waals surface area contributed by atoms with Crippen LogP contribution in [0.25, 0.3) is 6.08 Å². The molecule has 136 valence electrons. The third-order valence-electron chi connectivity index (χ3n) is 3.20. The Labute approximate surface area is 147 Å². The van der Waals surface area contributed by atoms with Gasteiger partial charge in [0, 0.05) is 19.0 Å². The smallest absolute Gasteiger partial charge is 0.392 e. The number of nitrogens with two attached hydrogens (primary N) is 1. The van der Waals surface area contributed by atoms with Gasteiger partial charge < -0.3 is 19.7 Å². The van der Waals surface area contributed by atoms with Crippen molar-refractivity contribution < 1.29 is 14.6 Å². The lowest BCUT2D eigenvalue weighted by Crippen LogP contribution is -2.25. The van der Waals surface area contributed by atoms with Crippen LogP contribution in [0.1, 0.15) is 24.7 Å². The second-order valence-corrected chi connectivity index (χ2v) is 6.67. The molecule has 0 saturated heterocycles. The Kier molecular flexibility index (Phi) is 9.35. The Morgan fingerprint density at radius 1 is 1.58 bits per heavy atom. The molecule has 3 N–H and O–H groups in total. The van der Waals surface area contributed by atoms with E-state index in [4.69, 9.17) is 26.7 Å². The van der Waals surface area contributed by atoms with Gasteiger partial charge in [0.05, 0.1) is 13.7 Å². The number of nitrogens with zero attached hydrogens (tertiary/aromatic N) is 4. The van der Waals surface area contributed by atoms with Gasteiger partial charge in [-0.3, -0.25) is 5.50 Å². The van der Waals surface area contributed by atoms with Crippen LogP contribution < -0.4 is 5.50 Å². The second-order valence-electron chi connectivity index (χ2n) is 4.86. The largest absolute Gasteiger partial charge is 0.435 e. The molecule has 0 radical (unpaired) electrons. The molecule has 0 aliphatic carbocycles. The topological polar surface area (TPSA) is 120 Å². The third-order valence-corrected chi connectivity index (χ3v) is 4.72. The van der Waals surface area contributed by atoms with Crippen LogP contribution in [0.3, 0.4) is 0 Å².